The summed E-state index contributed by atoms with van der Waals surface area (Å²) < 4.78 is 0. The van der Waals surface area contributed by atoms with E-state index in [1.54, 1.807) is 0 Å². The van der Waals surface area contributed by atoms with Crippen LogP contribution in [0.25, 0.3) is 0 Å². The first-order valence-corrected chi connectivity index (χ1v) is 5.66. The van der Waals surface area contributed by atoms with Crippen LogP contribution in [-0.2, 0) is 6.42 Å². The van der Waals surface area contributed by atoms with E-state index in [-0.39, 0.29) is 12.4 Å². The van der Waals surface area contributed by atoms with Crippen LogP contribution in [0.1, 0.15) is 24.8 Å². The molecule has 4 nitrogen and oxygen atoms in total. The molecule has 0 unspecified atom stereocenters. The summed E-state index contributed by atoms with van der Waals surface area (Å²) in [5.41, 5.74) is 6.60. The number of hydrogen-bond acceptors (Lipinski definition) is 4. The molecule has 1 aromatic heterocycles. The van der Waals surface area contributed by atoms with Crippen molar-refractivity contribution in [3.8, 4) is 0 Å². The number of hydrogen-bond donors (Lipinski definition) is 1. The van der Waals surface area contributed by atoms with Crippen LogP contribution in [-0.4, -0.2) is 29.6 Å². The molecule has 2 N–H and O–H groups in total. The molecule has 1 aliphatic heterocycles. The Kier molecular flexibility index (Phi) is 5.49. The third kappa shape index (κ3) is 3.32. The molecule has 2 rings (SSSR count). The van der Waals surface area contributed by atoms with Crippen molar-refractivity contribution >= 4 is 18.4 Å². The van der Waals surface area contributed by atoms with Crippen LogP contribution < -0.4 is 10.6 Å². The van der Waals surface area contributed by atoms with Gasteiger partial charge in [0.25, 0.3) is 0 Å². The molecular weight excluding hydrogens is 224 g/mol. The molecule has 0 saturated carbocycles. The Bertz CT molecular complexity index is 295. The van der Waals surface area contributed by atoms with E-state index >= 15 is 0 Å². The maximum absolute atomic E-state index is 5.48. The predicted molar refractivity (Wildman–Crippen MR) is 68.1 cm³/mol. The Labute approximate surface area is 103 Å². The van der Waals surface area contributed by atoms with Gasteiger partial charge in [-0.3, -0.25) is 0 Å². The molecule has 0 aliphatic carbocycles. The van der Waals surface area contributed by atoms with Gasteiger partial charge in [0.2, 0.25) is 5.95 Å². The summed E-state index contributed by atoms with van der Waals surface area (Å²) in [6, 6.07) is 0. The van der Waals surface area contributed by atoms with Crippen LogP contribution in [0.15, 0.2) is 12.4 Å². The minimum absolute atomic E-state index is 0. The molecule has 0 atom stereocenters. The molecule has 0 aromatic carbocycles. The lowest BCUT2D eigenvalue weighted by atomic mass is 10.1. The van der Waals surface area contributed by atoms with Crippen molar-refractivity contribution < 1.29 is 0 Å². The van der Waals surface area contributed by atoms with Gasteiger partial charge in [-0.05, 0) is 37.8 Å². The van der Waals surface area contributed by atoms with Gasteiger partial charge in [0.1, 0.15) is 0 Å². The topological polar surface area (TPSA) is 55.0 Å². The first-order valence-electron chi connectivity index (χ1n) is 5.66. The fourth-order valence-electron chi connectivity index (χ4n) is 1.90. The fraction of sp³-hybridized carbons (Fsp3) is 0.636. The van der Waals surface area contributed by atoms with Gasteiger partial charge in [-0.1, -0.05) is 0 Å². The molecule has 2 heterocycles. The lowest BCUT2D eigenvalue weighted by Gasteiger charge is -2.26. The minimum atomic E-state index is 0. The molecular formula is C11H19ClN4. The summed E-state index contributed by atoms with van der Waals surface area (Å²) >= 11 is 0. The van der Waals surface area contributed by atoms with E-state index in [0.717, 1.165) is 31.0 Å². The standard InChI is InChI=1S/C11H18N4.ClH/c12-5-4-10-8-13-11(14-9-10)15-6-2-1-3-7-15;/h8-9H,1-7,12H2;1H. The molecule has 0 amide bonds. The normalized spacial score (nSPS) is 15.7. The molecule has 0 spiro atoms. The van der Waals surface area contributed by atoms with E-state index in [4.69, 9.17) is 5.73 Å². The van der Waals surface area contributed by atoms with Crippen molar-refractivity contribution in [3.63, 3.8) is 0 Å². The SMILES string of the molecule is Cl.NCCc1cnc(N2CCCCC2)nc1. The summed E-state index contributed by atoms with van der Waals surface area (Å²) in [7, 11) is 0. The Hall–Kier alpha value is -0.870. The van der Waals surface area contributed by atoms with E-state index in [0.29, 0.717) is 6.54 Å². The van der Waals surface area contributed by atoms with Crippen LogP contribution >= 0.6 is 12.4 Å². The highest BCUT2D eigenvalue weighted by Crippen LogP contribution is 2.14. The highest BCUT2D eigenvalue weighted by Gasteiger charge is 2.12. The number of aromatic nitrogens is 2. The van der Waals surface area contributed by atoms with Crippen molar-refractivity contribution in [2.24, 2.45) is 5.73 Å². The van der Waals surface area contributed by atoms with Crippen molar-refractivity contribution in [3.05, 3.63) is 18.0 Å². The average Bonchev–Trinajstić information content (AvgIpc) is 2.32. The zero-order valence-electron chi connectivity index (χ0n) is 9.43. The van der Waals surface area contributed by atoms with Crippen molar-refractivity contribution in [2.75, 3.05) is 24.5 Å². The molecule has 1 saturated heterocycles. The number of nitrogens with two attached hydrogens (primary N) is 1. The highest BCUT2D eigenvalue weighted by atomic mass is 35.5. The van der Waals surface area contributed by atoms with Crippen molar-refractivity contribution in [1.82, 2.24) is 9.97 Å². The van der Waals surface area contributed by atoms with E-state index in [1.165, 1.54) is 19.3 Å². The molecule has 5 heteroatoms. The average molecular weight is 243 g/mol. The van der Waals surface area contributed by atoms with Crippen LogP contribution in [0.5, 0.6) is 0 Å². The van der Waals surface area contributed by atoms with Crippen molar-refractivity contribution in [2.45, 2.75) is 25.7 Å². The number of nitrogens with zero attached hydrogens (tertiary/aromatic N) is 3. The predicted octanol–water partition coefficient (Wildman–Crippen LogP) is 1.39. The van der Waals surface area contributed by atoms with E-state index in [9.17, 15) is 0 Å². The van der Waals surface area contributed by atoms with Crippen molar-refractivity contribution in [1.29, 1.82) is 0 Å². The van der Waals surface area contributed by atoms with E-state index in [1.807, 2.05) is 12.4 Å². The smallest absolute Gasteiger partial charge is 0.225 e. The molecule has 1 aromatic rings. The van der Waals surface area contributed by atoms with E-state index in [2.05, 4.69) is 14.9 Å². The summed E-state index contributed by atoms with van der Waals surface area (Å²) in [6.45, 7) is 2.85. The van der Waals surface area contributed by atoms with Gasteiger partial charge in [0.15, 0.2) is 0 Å². The largest absolute Gasteiger partial charge is 0.341 e. The molecule has 0 bridgehead atoms. The highest BCUT2D eigenvalue weighted by molar-refractivity contribution is 5.85. The second-order valence-corrected chi connectivity index (χ2v) is 3.98. The zero-order valence-corrected chi connectivity index (χ0v) is 10.2. The summed E-state index contributed by atoms with van der Waals surface area (Å²) in [5, 5.41) is 0. The van der Waals surface area contributed by atoms with Gasteiger partial charge in [-0.15, -0.1) is 12.4 Å². The Morgan fingerprint density at radius 2 is 1.75 bits per heavy atom. The van der Waals surface area contributed by atoms with Gasteiger partial charge >= 0.3 is 0 Å². The van der Waals surface area contributed by atoms with Crippen LogP contribution in [0.2, 0.25) is 0 Å². The number of anilines is 1. The lowest BCUT2D eigenvalue weighted by molar-refractivity contribution is 0.568. The van der Waals surface area contributed by atoms with Crippen LogP contribution in [0.4, 0.5) is 5.95 Å². The summed E-state index contributed by atoms with van der Waals surface area (Å²) in [4.78, 5) is 11.0. The third-order valence-corrected chi connectivity index (χ3v) is 2.76. The third-order valence-electron chi connectivity index (χ3n) is 2.76. The second kappa shape index (κ2) is 6.66. The van der Waals surface area contributed by atoms with Gasteiger partial charge in [-0.2, -0.15) is 0 Å². The first kappa shape index (κ1) is 13.2. The Morgan fingerprint density at radius 1 is 1.12 bits per heavy atom. The zero-order chi connectivity index (χ0) is 10.5. The summed E-state index contributed by atoms with van der Waals surface area (Å²) in [6.07, 6.45) is 8.50. The maximum atomic E-state index is 5.48. The first-order chi connectivity index (χ1) is 7.40. The maximum Gasteiger partial charge on any atom is 0.225 e. The quantitative estimate of drug-likeness (QED) is 0.871. The van der Waals surface area contributed by atoms with Crippen LogP contribution in [0, 0.1) is 0 Å². The summed E-state index contributed by atoms with van der Waals surface area (Å²) in [5.74, 6) is 0.871. The van der Waals surface area contributed by atoms with Crippen LogP contribution in [0.3, 0.4) is 0 Å². The lowest BCUT2D eigenvalue weighted by Crippen LogP contribution is -2.30. The number of piperidine rings is 1. The number of halogens is 1. The van der Waals surface area contributed by atoms with E-state index < -0.39 is 0 Å². The molecule has 1 aliphatic rings. The fourth-order valence-corrected chi connectivity index (χ4v) is 1.90. The molecule has 1 fully saturated rings. The van der Waals surface area contributed by atoms with Gasteiger partial charge in [-0.25, -0.2) is 9.97 Å². The monoisotopic (exact) mass is 242 g/mol. The molecule has 16 heavy (non-hydrogen) atoms. The van der Waals surface area contributed by atoms with Gasteiger partial charge in [0.05, 0.1) is 0 Å². The second-order valence-electron chi connectivity index (χ2n) is 3.98. The Morgan fingerprint density at radius 3 is 2.31 bits per heavy atom. The minimum Gasteiger partial charge on any atom is -0.341 e. The Balaban J connectivity index is 0.00000128. The molecule has 90 valence electrons. The molecule has 0 radical (unpaired) electrons. The number of rotatable bonds is 3. The van der Waals surface area contributed by atoms with Gasteiger partial charge < -0.3 is 10.6 Å². The van der Waals surface area contributed by atoms with Gasteiger partial charge in [0, 0.05) is 25.5 Å².